The predicted octanol–water partition coefficient (Wildman–Crippen LogP) is -2.58. The molecule has 749 valence electrons. The van der Waals surface area contributed by atoms with E-state index in [1.807, 2.05) is 92.7 Å². The second kappa shape index (κ2) is 62.6. The molecule has 45 nitrogen and oxygen atoms in total. The predicted molar refractivity (Wildman–Crippen MR) is 470 cm³/mol. The van der Waals surface area contributed by atoms with Gasteiger partial charge in [-0.05, 0) is 123 Å². The van der Waals surface area contributed by atoms with Gasteiger partial charge in [0.15, 0.2) is 11.3 Å². The summed E-state index contributed by atoms with van der Waals surface area (Å²) in [6.45, 7) is 33.2. The number of fused-ring (bicyclic) bond motifs is 3. The van der Waals surface area contributed by atoms with E-state index in [1.165, 1.54) is 40.3 Å². The fraction of sp³-hybridized carbons (Fsp3) is 0.667. The van der Waals surface area contributed by atoms with Crippen molar-refractivity contribution in [2.45, 2.75) is 245 Å². The molecule has 8 amide bonds. The Labute approximate surface area is 937 Å². The molecular weight excluding hydrogens is 2310 g/mol. The van der Waals surface area contributed by atoms with E-state index in [0.717, 1.165) is 25.6 Å². The van der Waals surface area contributed by atoms with E-state index in [-0.39, 0.29) is 312 Å². The van der Waals surface area contributed by atoms with Crippen LogP contribution < -0.4 is 153 Å². The van der Waals surface area contributed by atoms with E-state index in [1.54, 1.807) is 113 Å². The second-order valence-electron chi connectivity index (χ2n) is 34.0. The monoisotopic (exact) mass is 2430 g/mol. The van der Waals surface area contributed by atoms with Crippen LogP contribution >= 0.6 is 42.9 Å². The fourth-order valence-electron chi connectivity index (χ4n) is 13.1. The molecule has 3 aromatic rings. The molecule has 3 aromatic heterocycles. The number of carboxylic acids is 1. The van der Waals surface area contributed by atoms with Crippen molar-refractivity contribution in [1.82, 2.24) is 49.4 Å². The number of ether oxygens (including phenoxy) is 9. The second-order valence-corrected chi connectivity index (χ2v) is 34.0. The molecule has 0 bridgehead atoms. The Morgan fingerprint density at radius 1 is 0.582 bits per heavy atom. The number of aliphatic carboxylic acids is 1. The maximum Gasteiger partial charge on any atom is 1.00 e. The molecule has 4 saturated heterocycles. The number of halogens is 2. The summed E-state index contributed by atoms with van der Waals surface area (Å²) in [6, 6.07) is 3.06. The first-order valence-electron chi connectivity index (χ1n) is 38.8. The number of aromatic nitrogens is 6. The van der Waals surface area contributed by atoms with Crippen molar-refractivity contribution in [2.75, 3.05) is 88.5 Å². The van der Waals surface area contributed by atoms with Gasteiger partial charge in [0.2, 0.25) is 29.5 Å². The largest absolute Gasteiger partial charge is 1.00 e. The van der Waals surface area contributed by atoms with Crippen molar-refractivity contribution in [3.63, 3.8) is 0 Å². The van der Waals surface area contributed by atoms with Gasteiger partial charge in [-0.15, -0.1) is 0 Å². The summed E-state index contributed by atoms with van der Waals surface area (Å²) in [5.74, 6) is -6.64. The molecule has 6 unspecified atom stereocenters. The first kappa shape index (κ1) is 141. The van der Waals surface area contributed by atoms with Crippen molar-refractivity contribution >= 4 is 156 Å². The Morgan fingerprint density at radius 3 is 1.14 bits per heavy atom. The maximum absolute atomic E-state index is 12.6. The van der Waals surface area contributed by atoms with Gasteiger partial charge < -0.3 is 90.5 Å². The molecule has 0 aliphatic carbocycles. The Balaban J connectivity index is -0.000000240. The van der Waals surface area contributed by atoms with Gasteiger partial charge in [-0.3, -0.25) is 91.1 Å². The standard InChI is InChI=1S/C19H28N4O5.C18H27N5O4.C18H26N4O5.C8H11NO4.C7H9NO4.C7H11NO3.CH3I.CH2O3.2CH4.Cu.HI.2K.Li.Ni.H2O.Re.H/c1-12-9-23-14(10-21(12)17(26)28-18(2,3)4)13(8-20-23)22-11-19(5,7-15(22)24)16(25)27-6;1-11-8-23-13(9-21(11)16(26)27-17(2,3)4)12(7-20-23)22-10-18(5,15(19)25)6-14(22)24;1-11-8-22-13(9-20(11)16(26)27-17(2,3)4)12(7-19-22)21-10-18(5,15(24)25)6-14(21)23;1-8(5-9,7(11)13-3)4-6(10)12-2;1-11-6(9)3-5(4-8)7(10)12-2;1-7(6(10)11-2)3-5(9)8-4-7;1-2;2-1-4-3;;;;;;;;;;;/h8,12H,7,9-11H2,1-6H3;7,11H,6,8-10H2,1-5H3,(H2,19,25);7,11H,6,8-10H2,1-5H3,(H,24,25);4H2,1-3H3;5H,3H2,1-2H3;3-4H2,1-2H3,(H,8,9);1H3;1,3H;2*1H4;;1H;;;;;1H2;;/q;;;;;;;;;;+1;;3*+1;;;;-1/p-3/t12-,19?;2*11-,18?;;;;;;;;;;;;;;;;/m000................/s1. The van der Waals surface area contributed by atoms with E-state index in [4.69, 9.17) is 45.3 Å². The summed E-state index contributed by atoms with van der Waals surface area (Å²) >= 11 is 8.02. The Hall–Kier alpha value is -5.54. The zero-order valence-corrected chi connectivity index (χ0v) is 94.6. The van der Waals surface area contributed by atoms with Gasteiger partial charge in [-0.2, -0.15) is 25.8 Å². The first-order chi connectivity index (χ1) is 58.4. The number of nitriles is 2. The van der Waals surface area contributed by atoms with Gasteiger partial charge in [-0.25, -0.2) is 14.4 Å². The molecule has 0 spiro atoms. The number of esters is 6. The number of hydrogen-bond acceptors (Lipinski definition) is 33. The Morgan fingerprint density at radius 2 is 0.896 bits per heavy atom. The normalized spacial score (nSPS) is 20.5. The number of carbonyl (C=O) groups excluding carboxylic acids is 15. The van der Waals surface area contributed by atoms with Gasteiger partial charge in [0, 0.05) is 88.8 Å². The molecule has 134 heavy (non-hydrogen) atoms. The van der Waals surface area contributed by atoms with Gasteiger partial charge in [0.1, 0.15) is 16.8 Å². The molecule has 7 aliphatic heterocycles. The SMILES string of the molecule is C.C.CI.COC(=O)C1(C)CC(=O)N(c2cnn3c2CN(C(=O)OC(C)(C)C)[C@@H](C)C3)C1.COC(=O)C1(C)CNC(=O)C1.COC(=O)CC(C#N)C(=O)OC.COC(=O)CC(C)(C#N)C(=O)OC.C[C@H]1Cn2ncc(N3CC(C)(C(=O)O)CC3=O)c2CN1C(=O)OC(C)(C)C.C[C@H]1Cn2ncc(N3CC(C)(C(N)=O)CC3=O)c2CN1C(=O)OC(C)(C)C.O=CO[O-].[Cu][I].[H-].[K+].[K+].[Li+].[Ni].[OH-].[Re]. The number of methoxy groups -OCH3 is 6. The summed E-state index contributed by atoms with van der Waals surface area (Å²) in [7, 11) is 7.35. The van der Waals surface area contributed by atoms with Crippen LogP contribution in [-0.4, -0.2) is 259 Å². The summed E-state index contributed by atoms with van der Waals surface area (Å²) in [5.41, 5.74) is 2.68. The van der Waals surface area contributed by atoms with Crippen LogP contribution in [-0.2, 0) is 199 Å². The van der Waals surface area contributed by atoms with E-state index in [0.29, 0.717) is 48.9 Å². The molecule has 7 aliphatic rings. The van der Waals surface area contributed by atoms with Gasteiger partial charge in [0.05, 0.1) is 199 Å². The molecule has 4 fully saturated rings. The van der Waals surface area contributed by atoms with Gasteiger partial charge >= 0.3 is 215 Å². The van der Waals surface area contributed by atoms with Crippen LogP contribution in [0.15, 0.2) is 18.6 Å². The van der Waals surface area contributed by atoms with Crippen LogP contribution in [0.5, 0.6) is 0 Å². The Bertz CT molecular complexity index is 4430. The van der Waals surface area contributed by atoms with Crippen molar-refractivity contribution in [3.8, 4) is 12.1 Å². The molecule has 0 saturated carbocycles. The minimum Gasteiger partial charge on any atom is -1.00 e. The zero-order valence-electron chi connectivity index (χ0n) is 80.4. The van der Waals surface area contributed by atoms with Crippen molar-refractivity contribution in [1.29, 1.82) is 10.5 Å². The molecule has 1 radical (unpaired) electrons. The first-order valence-corrected chi connectivity index (χ1v) is 44.0. The van der Waals surface area contributed by atoms with Crippen molar-refractivity contribution < 1.29 is 313 Å². The van der Waals surface area contributed by atoms with Crippen molar-refractivity contribution in [3.05, 3.63) is 35.7 Å². The number of carbonyl (C=O) groups is 16. The van der Waals surface area contributed by atoms with Crippen LogP contribution in [0.3, 0.4) is 0 Å². The molecule has 53 heteroatoms. The third-order valence-corrected chi connectivity index (χ3v) is 20.0. The summed E-state index contributed by atoms with van der Waals surface area (Å²) < 4.78 is 48.6. The van der Waals surface area contributed by atoms with E-state index < -0.39 is 110 Å². The zero-order chi connectivity index (χ0) is 97.1. The topological polar surface area (TPSA) is 597 Å². The average Bonchev–Trinajstić information content (AvgIpc) is 1.61. The van der Waals surface area contributed by atoms with E-state index >= 15 is 0 Å². The van der Waals surface area contributed by atoms with E-state index in [9.17, 15) is 77.0 Å². The number of alkyl halides is 1. The number of anilines is 3. The molecule has 10 heterocycles. The minimum atomic E-state index is -1.46. The van der Waals surface area contributed by atoms with Crippen molar-refractivity contribution in [2.24, 2.45) is 38.7 Å². The maximum atomic E-state index is 12.6. The number of rotatable bonds is 14. The number of amides is 8. The number of nitrogens with one attached hydrogen (secondary N) is 1. The molecule has 10 rings (SSSR count). The summed E-state index contributed by atoms with van der Waals surface area (Å²) in [4.78, 5) is 199. The smallest absolute Gasteiger partial charge is 1.00 e. The number of carboxylic acid groups (broad SMARTS) is 1. The fourth-order valence-corrected chi connectivity index (χ4v) is 13.1. The number of nitrogens with zero attached hydrogens (tertiary/aromatic N) is 14. The third-order valence-electron chi connectivity index (χ3n) is 20.0. The summed E-state index contributed by atoms with van der Waals surface area (Å²) in [6.07, 6.45) is 3.37. The van der Waals surface area contributed by atoms with Crippen LogP contribution in [0.1, 0.15) is 190 Å². The van der Waals surface area contributed by atoms with Gasteiger partial charge in [0.25, 0.3) is 6.47 Å². The van der Waals surface area contributed by atoms with E-state index in [2.05, 4.69) is 84.5 Å². The average molecular weight is 2440 g/mol. The Kier molecular flexibility index (Phi) is 66.1. The molecule has 9 atom stereocenters. The van der Waals surface area contributed by atoms with Crippen LogP contribution in [0, 0.1) is 55.7 Å². The van der Waals surface area contributed by atoms with Crippen LogP contribution in [0.2, 0.25) is 0 Å². The minimum absolute atomic E-state index is 0. The number of nitrogens with two attached hydrogens (primary N) is 1. The van der Waals surface area contributed by atoms with Crippen LogP contribution in [0.25, 0.3) is 0 Å². The number of primary amides is 1. The molecule has 5 N–H and O–H groups in total. The number of hydrogen-bond donors (Lipinski definition) is 3. The molecular formula is C81H126CuI2K2LiN16NiO29Re. The quantitative estimate of drug-likeness (QED) is 0.0218. The summed E-state index contributed by atoms with van der Waals surface area (Å²) in [5, 5.41) is 50.6. The van der Waals surface area contributed by atoms with Gasteiger partial charge in [-0.1, -0.05) is 37.4 Å². The van der Waals surface area contributed by atoms with Crippen LogP contribution in [0.4, 0.5) is 31.4 Å². The third kappa shape index (κ3) is 40.2. The molecule has 0 aromatic carbocycles.